The number of rotatable bonds is 4. The van der Waals surface area contributed by atoms with Crippen LogP contribution in [0.15, 0.2) is 4.79 Å². The van der Waals surface area contributed by atoms with E-state index >= 15 is 0 Å². The maximum Gasteiger partial charge on any atom is 0.331 e. The minimum absolute atomic E-state index is 0.0227. The molecule has 0 aromatic heterocycles. The summed E-state index contributed by atoms with van der Waals surface area (Å²) in [6, 6.07) is 0. The molecule has 2 N–H and O–H groups in total. The quantitative estimate of drug-likeness (QED) is 0.853. The Kier molecular flexibility index (Phi) is 3.45. The second-order valence-corrected chi connectivity index (χ2v) is 8.45. The first-order chi connectivity index (χ1) is 13.0. The van der Waals surface area contributed by atoms with E-state index in [2.05, 4.69) is 12.2 Å². The molecule has 3 aliphatic carbocycles. The van der Waals surface area contributed by atoms with Crippen LogP contribution in [0.25, 0.3) is 11.5 Å². The number of aliphatic carboxylic acids is 1. The van der Waals surface area contributed by atoms with Gasteiger partial charge in [0.05, 0.1) is 5.41 Å². The van der Waals surface area contributed by atoms with Crippen molar-refractivity contribution in [3.8, 4) is 11.5 Å². The lowest BCUT2D eigenvalue weighted by Gasteiger charge is -2.50. The van der Waals surface area contributed by atoms with Crippen LogP contribution in [0, 0.1) is 5.41 Å². The predicted molar refractivity (Wildman–Crippen MR) is 99.1 cm³/mol. The molecule has 3 aliphatic heterocycles. The molecule has 3 fully saturated rings. The predicted octanol–water partition coefficient (Wildman–Crippen LogP) is 2.06. The topological polar surface area (TPSA) is 102 Å². The van der Waals surface area contributed by atoms with Gasteiger partial charge in [0.2, 0.25) is 0 Å². The third-order valence-corrected chi connectivity index (χ3v) is 7.10. The van der Waals surface area contributed by atoms with Crippen molar-refractivity contribution in [2.45, 2.75) is 70.4 Å². The van der Waals surface area contributed by atoms with Gasteiger partial charge in [-0.3, -0.25) is 13.9 Å². The average Bonchev–Trinajstić information content (AvgIpc) is 3.34. The second-order valence-electron chi connectivity index (χ2n) is 8.45. The number of hydrogen-bond acceptors (Lipinski definition) is 5. The van der Waals surface area contributed by atoms with Gasteiger partial charge >= 0.3 is 11.7 Å². The van der Waals surface area contributed by atoms with Gasteiger partial charge in [0.15, 0.2) is 5.82 Å². The van der Waals surface area contributed by atoms with E-state index in [0.29, 0.717) is 38.2 Å². The molecule has 3 heterocycles. The molecule has 0 atom stereocenters. The third-order valence-electron chi connectivity index (χ3n) is 7.10. The Hall–Kier alpha value is -2.38. The second kappa shape index (κ2) is 5.56. The van der Waals surface area contributed by atoms with Crippen LogP contribution < -0.4 is 11.0 Å². The summed E-state index contributed by atoms with van der Waals surface area (Å²) < 4.78 is 3.53. The van der Waals surface area contributed by atoms with Gasteiger partial charge in [0.25, 0.3) is 0 Å². The number of hydrogen-bond donors (Lipinski definition) is 2. The van der Waals surface area contributed by atoms with Crippen molar-refractivity contribution in [1.29, 1.82) is 0 Å². The van der Waals surface area contributed by atoms with Gasteiger partial charge in [-0.2, -0.15) is 0 Å². The summed E-state index contributed by atoms with van der Waals surface area (Å²) in [5.74, 6) is 1.61. The molecule has 0 aromatic carbocycles. The molecule has 3 saturated carbocycles. The lowest BCUT2D eigenvalue weighted by atomic mass is 9.53. The van der Waals surface area contributed by atoms with E-state index in [1.807, 2.05) is 0 Å². The number of anilines is 1. The number of fused-ring (bicyclic) bond motifs is 6. The summed E-state index contributed by atoms with van der Waals surface area (Å²) in [5.41, 5.74) is 0.0759. The molecule has 2 bridgehead atoms. The first kappa shape index (κ1) is 16.8. The maximum absolute atomic E-state index is 12.9. The van der Waals surface area contributed by atoms with E-state index in [1.54, 1.807) is 9.13 Å². The Labute approximate surface area is 157 Å². The van der Waals surface area contributed by atoms with E-state index in [-0.39, 0.29) is 11.1 Å². The summed E-state index contributed by atoms with van der Waals surface area (Å²) in [4.78, 5) is 34.4. The Morgan fingerprint density at radius 1 is 1.19 bits per heavy atom. The third kappa shape index (κ3) is 2.15. The average molecular weight is 371 g/mol. The van der Waals surface area contributed by atoms with Crippen molar-refractivity contribution in [3.05, 3.63) is 16.3 Å². The standard InChI is InChI=1S/C19H25N5O3/c1-2-10-23-14-12(13-20-9-11-24(13)17(23)27)21-15(22-14)18-3-6-19(7-4-18,8-5-18)16(25)26/h20H,2-11H2,1H3,(H,25,26). The van der Waals surface area contributed by atoms with E-state index in [9.17, 15) is 14.7 Å². The van der Waals surface area contributed by atoms with Crippen molar-refractivity contribution in [2.75, 3.05) is 11.9 Å². The smallest absolute Gasteiger partial charge is 0.331 e. The number of nitrogens with zero attached hydrogens (tertiary/aromatic N) is 4. The molecule has 0 unspecified atom stereocenters. The molecule has 8 nitrogen and oxygen atoms in total. The van der Waals surface area contributed by atoms with Crippen LogP contribution in [0.5, 0.6) is 0 Å². The fourth-order valence-electron chi connectivity index (χ4n) is 5.32. The monoisotopic (exact) mass is 371 g/mol. The Morgan fingerprint density at radius 3 is 2.52 bits per heavy atom. The van der Waals surface area contributed by atoms with E-state index in [1.165, 1.54) is 0 Å². The highest BCUT2D eigenvalue weighted by atomic mass is 16.4. The zero-order chi connectivity index (χ0) is 18.8. The van der Waals surface area contributed by atoms with Gasteiger partial charge in [-0.1, -0.05) is 6.92 Å². The van der Waals surface area contributed by atoms with Gasteiger partial charge in [0, 0.05) is 25.0 Å². The summed E-state index contributed by atoms with van der Waals surface area (Å²) in [5, 5.41) is 12.9. The van der Waals surface area contributed by atoms with Gasteiger partial charge in [-0.25, -0.2) is 14.8 Å². The first-order valence-corrected chi connectivity index (χ1v) is 9.99. The van der Waals surface area contributed by atoms with E-state index < -0.39 is 11.4 Å². The Morgan fingerprint density at radius 2 is 1.89 bits per heavy atom. The van der Waals surface area contributed by atoms with E-state index in [0.717, 1.165) is 49.6 Å². The molecular formula is C19H25N5O3. The van der Waals surface area contributed by atoms with Crippen molar-refractivity contribution >= 4 is 11.8 Å². The zero-order valence-corrected chi connectivity index (χ0v) is 15.6. The fraction of sp³-hybridized carbons (Fsp3) is 0.684. The molecule has 0 saturated heterocycles. The number of carbonyl (C=O) groups is 1. The first-order valence-electron chi connectivity index (χ1n) is 9.99. The molecule has 144 valence electrons. The Balaban J connectivity index is 1.62. The number of aromatic nitrogens is 4. The molecule has 0 spiro atoms. The SMILES string of the molecule is CCCn1c2nc(C34CCC(C(=O)O)(CC3)CC4)nc-2c2n(c1=O)CCN2. The molecule has 6 aliphatic rings. The van der Waals surface area contributed by atoms with Crippen LogP contribution in [0.3, 0.4) is 0 Å². The van der Waals surface area contributed by atoms with Gasteiger partial charge in [-0.05, 0) is 44.9 Å². The van der Waals surface area contributed by atoms with Crippen LogP contribution in [-0.4, -0.2) is 36.7 Å². The molecule has 0 radical (unpaired) electrons. The molecular weight excluding hydrogens is 346 g/mol. The van der Waals surface area contributed by atoms with Crippen molar-refractivity contribution in [2.24, 2.45) is 5.41 Å². The van der Waals surface area contributed by atoms with Crippen LogP contribution in [0.1, 0.15) is 57.7 Å². The summed E-state index contributed by atoms with van der Waals surface area (Å²) in [6.45, 7) is 4.07. The van der Waals surface area contributed by atoms with Crippen molar-refractivity contribution in [3.63, 3.8) is 0 Å². The molecule has 0 aromatic rings. The summed E-state index contributed by atoms with van der Waals surface area (Å²) >= 11 is 0. The number of nitrogens with one attached hydrogen (secondary N) is 1. The largest absolute Gasteiger partial charge is 0.481 e. The Bertz CT molecular complexity index is 935. The molecule has 0 amide bonds. The highest BCUT2D eigenvalue weighted by Gasteiger charge is 2.55. The number of carboxylic acids is 1. The summed E-state index contributed by atoms with van der Waals surface area (Å²) in [7, 11) is 0. The molecule has 6 rings (SSSR count). The molecule has 27 heavy (non-hydrogen) atoms. The summed E-state index contributed by atoms with van der Waals surface area (Å²) in [6.07, 6.45) is 5.39. The van der Waals surface area contributed by atoms with Gasteiger partial charge in [-0.15, -0.1) is 0 Å². The van der Waals surface area contributed by atoms with Crippen LogP contribution >= 0.6 is 0 Å². The van der Waals surface area contributed by atoms with Crippen molar-refractivity contribution < 1.29 is 9.90 Å². The minimum Gasteiger partial charge on any atom is -0.481 e. The van der Waals surface area contributed by atoms with Gasteiger partial charge in [0.1, 0.15) is 17.3 Å². The van der Waals surface area contributed by atoms with Crippen molar-refractivity contribution in [1.82, 2.24) is 19.1 Å². The number of imidazole rings is 1. The van der Waals surface area contributed by atoms with Crippen LogP contribution in [-0.2, 0) is 23.3 Å². The maximum atomic E-state index is 12.9. The van der Waals surface area contributed by atoms with E-state index in [4.69, 9.17) is 9.97 Å². The minimum atomic E-state index is -0.653. The fourth-order valence-corrected chi connectivity index (χ4v) is 5.32. The normalized spacial score (nSPS) is 29.1. The zero-order valence-electron chi connectivity index (χ0n) is 15.6. The highest BCUT2D eigenvalue weighted by molar-refractivity contribution is 5.75. The highest BCUT2D eigenvalue weighted by Crippen LogP contribution is 2.57. The van der Waals surface area contributed by atoms with Gasteiger partial charge < -0.3 is 10.4 Å². The molecule has 8 heteroatoms. The van der Waals surface area contributed by atoms with Crippen LogP contribution in [0.2, 0.25) is 0 Å². The van der Waals surface area contributed by atoms with Crippen LogP contribution in [0.4, 0.5) is 5.82 Å². The number of carboxylic acid groups (broad SMARTS) is 1. The lowest BCUT2D eigenvalue weighted by molar-refractivity contribution is -0.156. The lowest BCUT2D eigenvalue weighted by Crippen LogP contribution is -2.48.